The van der Waals surface area contributed by atoms with Crippen LogP contribution in [-0.4, -0.2) is 103 Å². The second kappa shape index (κ2) is 9.52. The number of rotatable bonds is 5. The Bertz CT molecular complexity index is 938. The van der Waals surface area contributed by atoms with E-state index in [9.17, 15) is 18.0 Å². The average Bonchev–Trinajstić information content (AvgIpc) is 3.49. The summed E-state index contributed by atoms with van der Waals surface area (Å²) in [5.74, 6) is -0.0624. The number of carbonyl (C=O) groups excluding carboxylic acids is 2. The molecule has 0 spiro atoms. The second-order valence-electron chi connectivity index (χ2n) is 9.11. The lowest BCUT2D eigenvalue weighted by Gasteiger charge is -2.38. The van der Waals surface area contributed by atoms with Crippen molar-refractivity contribution >= 4 is 21.8 Å². The van der Waals surface area contributed by atoms with Gasteiger partial charge in [-0.05, 0) is 38.3 Å². The first-order chi connectivity index (χ1) is 15.3. The standard InChI is InChI=1S/C22H35N5O4S/c1-3-24-12-14-26(15-13-24)21(28)18-6-10-27(11-7-18)32(30,31)19-16-20(23(2)17-19)22(29)25-8-4-5-9-25/h16-18H,3-15H2,1-2H3. The van der Waals surface area contributed by atoms with Crippen LogP contribution in [0.2, 0.25) is 0 Å². The molecule has 3 fully saturated rings. The predicted octanol–water partition coefficient (Wildman–Crippen LogP) is 0.826. The van der Waals surface area contributed by atoms with E-state index in [1.807, 2.05) is 4.90 Å². The van der Waals surface area contributed by atoms with Crippen LogP contribution < -0.4 is 0 Å². The summed E-state index contributed by atoms with van der Waals surface area (Å²) in [4.78, 5) is 31.9. The summed E-state index contributed by atoms with van der Waals surface area (Å²) in [6, 6.07) is 1.50. The summed E-state index contributed by atoms with van der Waals surface area (Å²) in [6.45, 7) is 8.56. The van der Waals surface area contributed by atoms with E-state index in [0.717, 1.165) is 58.7 Å². The van der Waals surface area contributed by atoms with Gasteiger partial charge in [0.05, 0.1) is 0 Å². The number of likely N-dealkylation sites (N-methyl/N-ethyl adjacent to an activating group) is 1. The van der Waals surface area contributed by atoms with Crippen LogP contribution in [0.4, 0.5) is 0 Å². The molecule has 4 rings (SSSR count). The lowest BCUT2D eigenvalue weighted by atomic mass is 9.96. The molecule has 178 valence electrons. The molecule has 3 aliphatic rings. The number of sulfonamides is 1. The minimum absolute atomic E-state index is 0.112. The second-order valence-corrected chi connectivity index (χ2v) is 11.0. The number of hydrogen-bond donors (Lipinski definition) is 0. The quantitative estimate of drug-likeness (QED) is 0.643. The highest BCUT2D eigenvalue weighted by atomic mass is 32.2. The third-order valence-corrected chi connectivity index (χ3v) is 9.03. The Labute approximate surface area is 191 Å². The molecule has 0 atom stereocenters. The van der Waals surface area contributed by atoms with Gasteiger partial charge in [0.1, 0.15) is 10.6 Å². The van der Waals surface area contributed by atoms with Gasteiger partial charge in [-0.1, -0.05) is 6.92 Å². The molecule has 9 nitrogen and oxygen atoms in total. The van der Waals surface area contributed by atoms with E-state index in [2.05, 4.69) is 11.8 Å². The van der Waals surface area contributed by atoms with Gasteiger partial charge in [0, 0.05) is 71.5 Å². The van der Waals surface area contributed by atoms with Crippen LogP contribution in [0.5, 0.6) is 0 Å². The van der Waals surface area contributed by atoms with Crippen molar-refractivity contribution in [3.63, 3.8) is 0 Å². The first kappa shape index (κ1) is 23.3. The zero-order valence-corrected chi connectivity index (χ0v) is 20.0. The molecule has 2 amide bonds. The molecule has 3 aliphatic heterocycles. The Morgan fingerprint density at radius 2 is 1.56 bits per heavy atom. The molecule has 0 N–H and O–H groups in total. The smallest absolute Gasteiger partial charge is 0.270 e. The van der Waals surface area contributed by atoms with Crippen LogP contribution in [0.3, 0.4) is 0 Å². The summed E-state index contributed by atoms with van der Waals surface area (Å²) in [7, 11) is -1.98. The van der Waals surface area contributed by atoms with Crippen LogP contribution >= 0.6 is 0 Å². The SMILES string of the molecule is CCN1CCN(C(=O)C2CCN(S(=O)(=O)c3cc(C(=O)N4CCCC4)n(C)c3)CC2)CC1. The number of carbonyl (C=O) groups is 2. The Morgan fingerprint density at radius 1 is 0.938 bits per heavy atom. The van der Waals surface area contributed by atoms with Gasteiger partial charge >= 0.3 is 0 Å². The lowest BCUT2D eigenvalue weighted by Crippen LogP contribution is -2.51. The fraction of sp³-hybridized carbons (Fsp3) is 0.727. The van der Waals surface area contributed by atoms with Gasteiger partial charge in [-0.3, -0.25) is 9.59 Å². The van der Waals surface area contributed by atoms with E-state index in [1.54, 1.807) is 16.5 Å². The molecule has 4 heterocycles. The maximum atomic E-state index is 13.2. The number of piperazine rings is 1. The number of hydrogen-bond acceptors (Lipinski definition) is 5. The molecule has 1 aromatic rings. The molecule has 0 aromatic carbocycles. The number of aromatic nitrogens is 1. The highest BCUT2D eigenvalue weighted by molar-refractivity contribution is 7.89. The van der Waals surface area contributed by atoms with Crippen LogP contribution in [0.15, 0.2) is 17.2 Å². The molecule has 0 unspecified atom stereocenters. The van der Waals surface area contributed by atoms with Gasteiger partial charge < -0.3 is 19.3 Å². The van der Waals surface area contributed by atoms with Crippen molar-refractivity contribution in [1.82, 2.24) is 23.6 Å². The maximum absolute atomic E-state index is 13.2. The minimum Gasteiger partial charge on any atom is -0.345 e. The van der Waals surface area contributed by atoms with Crippen molar-refractivity contribution in [3.8, 4) is 0 Å². The Balaban J connectivity index is 1.37. The number of amides is 2. The van der Waals surface area contributed by atoms with Crippen LogP contribution in [-0.2, 0) is 21.9 Å². The van der Waals surface area contributed by atoms with Crippen LogP contribution in [0, 0.1) is 5.92 Å². The molecule has 0 bridgehead atoms. The van der Waals surface area contributed by atoms with E-state index >= 15 is 0 Å². The normalized spacial score (nSPS) is 21.9. The fourth-order valence-electron chi connectivity index (χ4n) is 5.00. The van der Waals surface area contributed by atoms with E-state index in [1.165, 1.54) is 16.6 Å². The number of aryl methyl sites for hydroxylation is 1. The lowest BCUT2D eigenvalue weighted by molar-refractivity contribution is -0.138. The largest absolute Gasteiger partial charge is 0.345 e. The highest BCUT2D eigenvalue weighted by Crippen LogP contribution is 2.27. The molecule has 0 saturated carbocycles. The topological polar surface area (TPSA) is 86.2 Å². The predicted molar refractivity (Wildman–Crippen MR) is 121 cm³/mol. The van der Waals surface area contributed by atoms with Crippen LogP contribution in [0.1, 0.15) is 43.1 Å². The van der Waals surface area contributed by atoms with Gasteiger partial charge in [0.2, 0.25) is 15.9 Å². The number of likely N-dealkylation sites (tertiary alicyclic amines) is 1. The molecule has 32 heavy (non-hydrogen) atoms. The van der Waals surface area contributed by atoms with E-state index in [-0.39, 0.29) is 22.6 Å². The number of piperidine rings is 1. The molecule has 0 aliphatic carbocycles. The Hall–Kier alpha value is -1.91. The zero-order chi connectivity index (χ0) is 22.9. The molecule has 1 aromatic heterocycles. The van der Waals surface area contributed by atoms with Crippen molar-refractivity contribution in [2.24, 2.45) is 13.0 Å². The first-order valence-corrected chi connectivity index (χ1v) is 13.2. The number of nitrogens with zero attached hydrogens (tertiary/aromatic N) is 5. The molecule has 10 heteroatoms. The zero-order valence-electron chi connectivity index (χ0n) is 19.2. The van der Waals surface area contributed by atoms with Gasteiger partial charge in [-0.15, -0.1) is 0 Å². The van der Waals surface area contributed by atoms with Crippen molar-refractivity contribution in [2.75, 3.05) is 58.9 Å². The minimum atomic E-state index is -3.70. The monoisotopic (exact) mass is 465 g/mol. The van der Waals surface area contributed by atoms with Crippen molar-refractivity contribution in [3.05, 3.63) is 18.0 Å². The van der Waals surface area contributed by atoms with E-state index in [4.69, 9.17) is 0 Å². The first-order valence-electron chi connectivity index (χ1n) is 11.8. The van der Waals surface area contributed by atoms with Crippen molar-refractivity contribution in [1.29, 1.82) is 0 Å². The maximum Gasteiger partial charge on any atom is 0.270 e. The van der Waals surface area contributed by atoms with Crippen LogP contribution in [0.25, 0.3) is 0 Å². The summed E-state index contributed by atoms with van der Waals surface area (Å²) in [5.41, 5.74) is 0.404. The van der Waals surface area contributed by atoms with Gasteiger partial charge in [0.25, 0.3) is 5.91 Å². The highest BCUT2D eigenvalue weighted by Gasteiger charge is 2.35. The molecule has 0 radical (unpaired) electrons. The Kier molecular flexibility index (Phi) is 6.92. The fourth-order valence-corrected chi connectivity index (χ4v) is 6.55. The summed E-state index contributed by atoms with van der Waals surface area (Å²) in [5, 5.41) is 0. The summed E-state index contributed by atoms with van der Waals surface area (Å²) in [6.07, 6.45) is 4.59. The third kappa shape index (κ3) is 4.58. The van der Waals surface area contributed by atoms with Gasteiger partial charge in [-0.2, -0.15) is 4.31 Å². The summed E-state index contributed by atoms with van der Waals surface area (Å²) < 4.78 is 29.5. The third-order valence-electron chi connectivity index (χ3n) is 7.16. The van der Waals surface area contributed by atoms with Gasteiger partial charge in [-0.25, -0.2) is 8.42 Å². The molecular weight excluding hydrogens is 430 g/mol. The Morgan fingerprint density at radius 3 is 2.16 bits per heavy atom. The van der Waals surface area contributed by atoms with Crippen molar-refractivity contribution < 1.29 is 18.0 Å². The average molecular weight is 466 g/mol. The van der Waals surface area contributed by atoms with E-state index < -0.39 is 10.0 Å². The molecule has 3 saturated heterocycles. The molecular formula is C22H35N5O4S. The summed E-state index contributed by atoms with van der Waals surface area (Å²) >= 11 is 0. The van der Waals surface area contributed by atoms with Crippen molar-refractivity contribution in [2.45, 2.75) is 37.5 Å². The van der Waals surface area contributed by atoms with E-state index in [0.29, 0.717) is 31.6 Å². The van der Waals surface area contributed by atoms with Gasteiger partial charge in [0.15, 0.2) is 0 Å².